The molecular weight excluding hydrogens is 230 g/mol. The van der Waals surface area contributed by atoms with E-state index in [1.807, 2.05) is 6.92 Å². The molecular formula is C13H19N3O2. The van der Waals surface area contributed by atoms with Gasteiger partial charge in [-0.3, -0.25) is 9.59 Å². The molecule has 1 rings (SSSR count). The molecule has 18 heavy (non-hydrogen) atoms. The molecule has 0 aliphatic carbocycles. The summed E-state index contributed by atoms with van der Waals surface area (Å²) in [5.41, 5.74) is 6.95. The summed E-state index contributed by atoms with van der Waals surface area (Å²) in [7, 11) is 0. The predicted octanol–water partition coefficient (Wildman–Crippen LogP) is 0.400. The second-order valence-corrected chi connectivity index (χ2v) is 3.99. The van der Waals surface area contributed by atoms with Crippen LogP contribution in [0, 0.1) is 0 Å². The predicted molar refractivity (Wildman–Crippen MR) is 69.9 cm³/mol. The first kappa shape index (κ1) is 14.2. The average Bonchev–Trinajstić information content (AvgIpc) is 2.39. The van der Waals surface area contributed by atoms with Gasteiger partial charge in [0.05, 0.1) is 0 Å². The molecule has 0 aliphatic heterocycles. The van der Waals surface area contributed by atoms with Crippen molar-refractivity contribution in [1.29, 1.82) is 0 Å². The van der Waals surface area contributed by atoms with Crippen LogP contribution in [-0.4, -0.2) is 24.4 Å². The van der Waals surface area contributed by atoms with Crippen LogP contribution in [0.3, 0.4) is 0 Å². The molecule has 0 heterocycles. The zero-order chi connectivity index (χ0) is 13.5. The lowest BCUT2D eigenvalue weighted by Gasteiger charge is -2.13. The number of likely N-dealkylation sites (N-methyl/N-ethyl adjacent to an activating group) is 1. The molecule has 1 aromatic carbocycles. The number of benzene rings is 1. The summed E-state index contributed by atoms with van der Waals surface area (Å²) in [6.07, 6.45) is 0. The average molecular weight is 249 g/mol. The summed E-state index contributed by atoms with van der Waals surface area (Å²) in [6.45, 7) is 4.47. The SMILES string of the molecule is CCNC(=O)C(C)NC(=O)c1ccc(CN)cc1. The minimum atomic E-state index is -0.549. The Balaban J connectivity index is 2.61. The van der Waals surface area contributed by atoms with E-state index < -0.39 is 6.04 Å². The zero-order valence-electron chi connectivity index (χ0n) is 10.7. The third-order valence-corrected chi connectivity index (χ3v) is 2.54. The van der Waals surface area contributed by atoms with Gasteiger partial charge in [-0.1, -0.05) is 12.1 Å². The quantitative estimate of drug-likeness (QED) is 0.706. The van der Waals surface area contributed by atoms with Crippen molar-refractivity contribution in [2.45, 2.75) is 26.4 Å². The first-order valence-corrected chi connectivity index (χ1v) is 5.96. The van der Waals surface area contributed by atoms with Gasteiger partial charge < -0.3 is 16.4 Å². The molecule has 0 aliphatic rings. The van der Waals surface area contributed by atoms with Crippen LogP contribution in [-0.2, 0) is 11.3 Å². The first-order chi connectivity index (χ1) is 8.58. The topological polar surface area (TPSA) is 84.2 Å². The highest BCUT2D eigenvalue weighted by atomic mass is 16.2. The molecule has 5 nitrogen and oxygen atoms in total. The third-order valence-electron chi connectivity index (χ3n) is 2.54. The van der Waals surface area contributed by atoms with Gasteiger partial charge in [0.1, 0.15) is 6.04 Å². The van der Waals surface area contributed by atoms with Gasteiger partial charge in [-0.05, 0) is 31.5 Å². The number of nitrogens with two attached hydrogens (primary N) is 1. The molecule has 4 N–H and O–H groups in total. The van der Waals surface area contributed by atoms with Crippen molar-refractivity contribution in [3.8, 4) is 0 Å². The fourth-order valence-electron chi connectivity index (χ4n) is 1.47. The van der Waals surface area contributed by atoms with Crippen molar-refractivity contribution in [2.24, 2.45) is 5.73 Å². The van der Waals surface area contributed by atoms with Gasteiger partial charge >= 0.3 is 0 Å². The Morgan fingerprint density at radius 3 is 2.39 bits per heavy atom. The monoisotopic (exact) mass is 249 g/mol. The number of hydrogen-bond acceptors (Lipinski definition) is 3. The van der Waals surface area contributed by atoms with Crippen LogP contribution in [0.2, 0.25) is 0 Å². The smallest absolute Gasteiger partial charge is 0.251 e. The number of hydrogen-bond donors (Lipinski definition) is 3. The lowest BCUT2D eigenvalue weighted by atomic mass is 10.1. The van der Waals surface area contributed by atoms with E-state index >= 15 is 0 Å². The molecule has 1 unspecified atom stereocenters. The second kappa shape index (κ2) is 6.76. The Kier molecular flexibility index (Phi) is 5.32. The van der Waals surface area contributed by atoms with E-state index in [4.69, 9.17) is 5.73 Å². The molecule has 0 saturated carbocycles. The third kappa shape index (κ3) is 3.85. The summed E-state index contributed by atoms with van der Waals surface area (Å²) < 4.78 is 0. The molecule has 2 amide bonds. The van der Waals surface area contributed by atoms with Gasteiger partial charge in [0.2, 0.25) is 5.91 Å². The molecule has 0 radical (unpaired) electrons. The van der Waals surface area contributed by atoms with Crippen molar-refractivity contribution in [2.75, 3.05) is 6.54 Å². The van der Waals surface area contributed by atoms with Crippen molar-refractivity contribution in [1.82, 2.24) is 10.6 Å². The van der Waals surface area contributed by atoms with Crippen LogP contribution in [0.4, 0.5) is 0 Å². The maximum absolute atomic E-state index is 11.8. The van der Waals surface area contributed by atoms with Gasteiger partial charge in [-0.25, -0.2) is 0 Å². The van der Waals surface area contributed by atoms with E-state index in [1.54, 1.807) is 31.2 Å². The van der Waals surface area contributed by atoms with Gasteiger partial charge in [0, 0.05) is 18.7 Å². The summed E-state index contributed by atoms with van der Waals surface area (Å²) in [5, 5.41) is 5.29. The van der Waals surface area contributed by atoms with Gasteiger partial charge in [-0.2, -0.15) is 0 Å². The second-order valence-electron chi connectivity index (χ2n) is 3.99. The fraction of sp³-hybridized carbons (Fsp3) is 0.385. The number of nitrogens with one attached hydrogen (secondary N) is 2. The zero-order valence-corrected chi connectivity index (χ0v) is 10.7. The van der Waals surface area contributed by atoms with Gasteiger partial charge in [0.25, 0.3) is 5.91 Å². The van der Waals surface area contributed by atoms with Crippen molar-refractivity contribution >= 4 is 11.8 Å². The normalized spacial score (nSPS) is 11.7. The number of amides is 2. The summed E-state index contributed by atoms with van der Waals surface area (Å²) in [5.74, 6) is -0.457. The number of carbonyl (C=O) groups excluding carboxylic acids is 2. The van der Waals surface area contributed by atoms with Crippen LogP contribution >= 0.6 is 0 Å². The summed E-state index contributed by atoms with van der Waals surface area (Å²) >= 11 is 0. The molecule has 0 fully saturated rings. The standard InChI is InChI=1S/C13H19N3O2/c1-3-15-12(17)9(2)16-13(18)11-6-4-10(8-14)5-7-11/h4-7,9H,3,8,14H2,1-2H3,(H,15,17)(H,16,18). The van der Waals surface area contributed by atoms with E-state index in [2.05, 4.69) is 10.6 Å². The van der Waals surface area contributed by atoms with Gasteiger partial charge in [-0.15, -0.1) is 0 Å². The maximum Gasteiger partial charge on any atom is 0.251 e. The highest BCUT2D eigenvalue weighted by Crippen LogP contribution is 2.04. The molecule has 5 heteroatoms. The summed E-state index contributed by atoms with van der Waals surface area (Å²) in [6, 6.07) is 6.44. The van der Waals surface area contributed by atoms with Crippen molar-refractivity contribution in [3.05, 3.63) is 35.4 Å². The largest absolute Gasteiger partial charge is 0.355 e. The van der Waals surface area contributed by atoms with Gasteiger partial charge in [0.15, 0.2) is 0 Å². The molecule has 1 aromatic rings. The lowest BCUT2D eigenvalue weighted by Crippen LogP contribution is -2.44. The highest BCUT2D eigenvalue weighted by Gasteiger charge is 2.15. The molecule has 0 saturated heterocycles. The van der Waals surface area contributed by atoms with E-state index in [1.165, 1.54) is 0 Å². The molecule has 1 atom stereocenters. The first-order valence-electron chi connectivity index (χ1n) is 5.96. The highest BCUT2D eigenvalue weighted by molar-refractivity contribution is 5.97. The lowest BCUT2D eigenvalue weighted by molar-refractivity contribution is -0.122. The van der Waals surface area contributed by atoms with Crippen LogP contribution in [0.5, 0.6) is 0 Å². The molecule has 0 spiro atoms. The Hall–Kier alpha value is -1.88. The molecule has 0 bridgehead atoms. The van der Waals surface area contributed by atoms with Crippen LogP contribution in [0.1, 0.15) is 29.8 Å². The van der Waals surface area contributed by atoms with Crippen LogP contribution < -0.4 is 16.4 Å². The van der Waals surface area contributed by atoms with E-state index in [0.29, 0.717) is 18.7 Å². The van der Waals surface area contributed by atoms with E-state index in [9.17, 15) is 9.59 Å². The van der Waals surface area contributed by atoms with Crippen LogP contribution in [0.15, 0.2) is 24.3 Å². The minimum absolute atomic E-state index is 0.190. The van der Waals surface area contributed by atoms with Crippen molar-refractivity contribution in [3.63, 3.8) is 0 Å². The van der Waals surface area contributed by atoms with Crippen molar-refractivity contribution < 1.29 is 9.59 Å². The fourth-order valence-corrected chi connectivity index (χ4v) is 1.47. The van der Waals surface area contributed by atoms with E-state index in [-0.39, 0.29) is 11.8 Å². The Morgan fingerprint density at radius 2 is 1.89 bits per heavy atom. The maximum atomic E-state index is 11.8. The molecule has 98 valence electrons. The Labute approximate surface area is 107 Å². The van der Waals surface area contributed by atoms with Crippen LogP contribution in [0.25, 0.3) is 0 Å². The minimum Gasteiger partial charge on any atom is -0.355 e. The Bertz CT molecular complexity index is 415. The number of carbonyl (C=O) groups is 2. The summed E-state index contributed by atoms with van der Waals surface area (Å²) in [4.78, 5) is 23.3. The number of rotatable bonds is 5. The molecule has 0 aromatic heterocycles. The van der Waals surface area contributed by atoms with E-state index in [0.717, 1.165) is 5.56 Å². The Morgan fingerprint density at radius 1 is 1.28 bits per heavy atom.